The average Bonchev–Trinajstić information content (AvgIpc) is 3.10. The van der Waals surface area contributed by atoms with Crippen LogP contribution in [0.3, 0.4) is 0 Å². The molecule has 3 aromatic rings. The summed E-state index contributed by atoms with van der Waals surface area (Å²) in [5, 5.41) is 21.8. The molecule has 184 valence electrons. The number of nitrogens with zero attached hydrogens (tertiary/aromatic N) is 5. The first-order valence-electron chi connectivity index (χ1n) is 10.7. The molecule has 1 fully saturated rings. The molecule has 0 spiro atoms. The fourth-order valence-electron chi connectivity index (χ4n) is 4.51. The quantitative estimate of drug-likeness (QED) is 0.486. The van der Waals surface area contributed by atoms with Gasteiger partial charge in [-0.1, -0.05) is 29.8 Å². The number of rotatable bonds is 5. The van der Waals surface area contributed by atoms with Crippen LogP contribution >= 0.6 is 11.6 Å². The highest BCUT2D eigenvalue weighted by Gasteiger charge is 2.31. The first-order valence-corrected chi connectivity index (χ1v) is 13.0. The van der Waals surface area contributed by atoms with Gasteiger partial charge in [-0.25, -0.2) is 18.2 Å². The Kier molecular flexibility index (Phi) is 6.48. The third kappa shape index (κ3) is 4.56. The molecule has 1 aliphatic rings. The number of carbonyl (C=O) groups is 1. The summed E-state index contributed by atoms with van der Waals surface area (Å²) < 4.78 is 27.2. The Morgan fingerprint density at radius 3 is 2.71 bits per heavy atom. The van der Waals surface area contributed by atoms with Gasteiger partial charge >= 0.3 is 6.09 Å². The molecular formula is C22H23ClN6O5S. The van der Waals surface area contributed by atoms with Gasteiger partial charge in [0.1, 0.15) is 28.5 Å². The van der Waals surface area contributed by atoms with Gasteiger partial charge in [-0.3, -0.25) is 9.36 Å². The lowest BCUT2D eigenvalue weighted by molar-refractivity contribution is 0.188. The van der Waals surface area contributed by atoms with Gasteiger partial charge in [0.2, 0.25) is 15.0 Å². The van der Waals surface area contributed by atoms with E-state index in [1.807, 2.05) is 4.90 Å². The fourth-order valence-corrected chi connectivity index (χ4v) is 5.54. The standard InChI is InChI=1S/C22H23ClN6O5S/c1-27-20(30)18-17(26-21(27)35(2,33)34)15(10-24)19(28-9-5-7-14(12-28)25-22(31)32)29(18)11-13-6-3-4-8-16(13)23/h3-4,6,8,14,25H,5,7,9,11-12H2,1-2H3,(H,31,32)/t14-/m1/s1. The van der Waals surface area contributed by atoms with Gasteiger partial charge in [-0.15, -0.1) is 0 Å². The Balaban J connectivity index is 2.02. The van der Waals surface area contributed by atoms with Crippen LogP contribution in [-0.4, -0.2) is 59.1 Å². The van der Waals surface area contributed by atoms with Crippen LogP contribution in [0.15, 0.2) is 34.2 Å². The molecule has 3 heterocycles. The number of hydrogen-bond donors (Lipinski definition) is 2. The van der Waals surface area contributed by atoms with Crippen molar-refractivity contribution in [3.05, 3.63) is 50.8 Å². The fraction of sp³-hybridized carbons (Fsp3) is 0.364. The molecule has 1 aromatic carbocycles. The van der Waals surface area contributed by atoms with Gasteiger partial charge in [-0.2, -0.15) is 5.26 Å². The third-order valence-corrected chi connectivity index (χ3v) is 7.39. The van der Waals surface area contributed by atoms with Crippen LogP contribution in [0.25, 0.3) is 11.0 Å². The highest BCUT2D eigenvalue weighted by Crippen LogP contribution is 2.34. The maximum Gasteiger partial charge on any atom is 0.404 e. The molecular weight excluding hydrogens is 496 g/mol. The van der Waals surface area contributed by atoms with Gasteiger partial charge < -0.3 is 19.9 Å². The summed E-state index contributed by atoms with van der Waals surface area (Å²) in [4.78, 5) is 30.8. The van der Waals surface area contributed by atoms with E-state index in [4.69, 9.17) is 11.6 Å². The minimum absolute atomic E-state index is 0.0219. The van der Waals surface area contributed by atoms with Crippen molar-refractivity contribution in [1.82, 2.24) is 19.4 Å². The van der Waals surface area contributed by atoms with Gasteiger partial charge in [0, 0.05) is 37.5 Å². The van der Waals surface area contributed by atoms with Crippen LogP contribution in [0.4, 0.5) is 10.6 Å². The zero-order valence-corrected chi connectivity index (χ0v) is 20.6. The van der Waals surface area contributed by atoms with Crippen LogP contribution in [0.1, 0.15) is 24.0 Å². The molecule has 35 heavy (non-hydrogen) atoms. The summed E-state index contributed by atoms with van der Waals surface area (Å²) in [7, 11) is -2.55. The van der Waals surface area contributed by atoms with E-state index in [0.29, 0.717) is 35.8 Å². The Labute approximate surface area is 206 Å². The number of piperidine rings is 1. The number of hydrogen-bond acceptors (Lipinski definition) is 7. The Bertz CT molecular complexity index is 1540. The largest absolute Gasteiger partial charge is 0.465 e. The molecule has 2 N–H and O–H groups in total. The van der Waals surface area contributed by atoms with Crippen molar-refractivity contribution in [3.8, 4) is 6.07 Å². The molecule has 1 atom stereocenters. The smallest absolute Gasteiger partial charge is 0.404 e. The Morgan fingerprint density at radius 2 is 2.09 bits per heavy atom. The van der Waals surface area contributed by atoms with E-state index in [9.17, 15) is 28.4 Å². The number of aromatic nitrogens is 3. The van der Waals surface area contributed by atoms with Crippen molar-refractivity contribution in [2.75, 3.05) is 24.2 Å². The summed E-state index contributed by atoms with van der Waals surface area (Å²) >= 11 is 6.40. The maximum absolute atomic E-state index is 13.5. The van der Waals surface area contributed by atoms with Crippen molar-refractivity contribution < 1.29 is 18.3 Å². The SMILES string of the molecule is Cn1c(S(C)(=O)=O)nc2c(C#N)c(N3CCC[C@@H](NC(=O)O)C3)n(Cc3ccccc3Cl)c2c1=O. The lowest BCUT2D eigenvalue weighted by Gasteiger charge is -2.35. The summed E-state index contributed by atoms with van der Waals surface area (Å²) in [5.74, 6) is 0.370. The average molecular weight is 519 g/mol. The highest BCUT2D eigenvalue weighted by atomic mass is 35.5. The second kappa shape index (κ2) is 9.24. The van der Waals surface area contributed by atoms with Crippen LogP contribution in [0.5, 0.6) is 0 Å². The van der Waals surface area contributed by atoms with E-state index in [1.165, 1.54) is 7.05 Å². The second-order valence-corrected chi connectivity index (χ2v) is 10.8. The molecule has 1 aliphatic heterocycles. The summed E-state index contributed by atoms with van der Waals surface area (Å²) in [6.07, 6.45) is 1.06. The van der Waals surface area contributed by atoms with Crippen molar-refractivity contribution in [2.24, 2.45) is 7.05 Å². The number of sulfone groups is 1. The molecule has 0 aliphatic carbocycles. The summed E-state index contributed by atoms with van der Waals surface area (Å²) in [5.41, 5.74) is 0.155. The topological polar surface area (TPSA) is 150 Å². The number of nitrogens with one attached hydrogen (secondary N) is 1. The molecule has 1 amide bonds. The van der Waals surface area contributed by atoms with Crippen LogP contribution in [0, 0.1) is 11.3 Å². The monoisotopic (exact) mass is 518 g/mol. The molecule has 0 saturated carbocycles. The number of amides is 1. The van der Waals surface area contributed by atoms with Crippen molar-refractivity contribution in [3.63, 3.8) is 0 Å². The molecule has 0 radical (unpaired) electrons. The predicted molar refractivity (Wildman–Crippen MR) is 130 cm³/mol. The normalized spacial score (nSPS) is 16.3. The van der Waals surface area contributed by atoms with E-state index in [2.05, 4.69) is 16.4 Å². The minimum Gasteiger partial charge on any atom is -0.465 e. The van der Waals surface area contributed by atoms with E-state index in [-0.39, 0.29) is 35.7 Å². The van der Waals surface area contributed by atoms with Gasteiger partial charge in [0.15, 0.2) is 0 Å². The molecule has 1 saturated heterocycles. The number of anilines is 1. The molecule has 2 aromatic heterocycles. The zero-order valence-electron chi connectivity index (χ0n) is 19.0. The van der Waals surface area contributed by atoms with Crippen molar-refractivity contribution in [2.45, 2.75) is 30.6 Å². The minimum atomic E-state index is -3.87. The van der Waals surface area contributed by atoms with Crippen LogP contribution in [-0.2, 0) is 23.4 Å². The van der Waals surface area contributed by atoms with Crippen LogP contribution in [0.2, 0.25) is 5.02 Å². The first kappa shape index (κ1) is 24.6. The van der Waals surface area contributed by atoms with Gasteiger partial charge in [0.25, 0.3) is 5.56 Å². The molecule has 11 nitrogen and oxygen atoms in total. The van der Waals surface area contributed by atoms with E-state index >= 15 is 0 Å². The maximum atomic E-state index is 13.5. The lowest BCUT2D eigenvalue weighted by Crippen LogP contribution is -2.48. The highest BCUT2D eigenvalue weighted by molar-refractivity contribution is 7.90. The number of benzene rings is 1. The van der Waals surface area contributed by atoms with Gasteiger partial charge in [0.05, 0.1) is 6.54 Å². The van der Waals surface area contributed by atoms with E-state index in [1.54, 1.807) is 28.8 Å². The van der Waals surface area contributed by atoms with E-state index < -0.39 is 26.6 Å². The molecule has 4 rings (SSSR count). The Morgan fingerprint density at radius 1 is 1.37 bits per heavy atom. The van der Waals surface area contributed by atoms with Crippen molar-refractivity contribution >= 4 is 44.4 Å². The number of carboxylic acid groups (broad SMARTS) is 1. The lowest BCUT2D eigenvalue weighted by atomic mass is 10.1. The number of fused-ring (bicyclic) bond motifs is 1. The summed E-state index contributed by atoms with van der Waals surface area (Å²) in [6.45, 7) is 0.888. The van der Waals surface area contributed by atoms with Crippen LogP contribution < -0.4 is 15.8 Å². The molecule has 13 heteroatoms. The zero-order chi connectivity index (χ0) is 25.5. The summed E-state index contributed by atoms with van der Waals surface area (Å²) in [6, 6.07) is 8.78. The third-order valence-electron chi connectivity index (χ3n) is 5.99. The first-order chi connectivity index (χ1) is 16.5. The molecule has 0 bridgehead atoms. The Hall–Kier alpha value is -3.56. The number of halogens is 1. The van der Waals surface area contributed by atoms with Gasteiger partial charge in [-0.05, 0) is 24.5 Å². The molecule has 0 unspecified atom stereocenters. The second-order valence-electron chi connectivity index (χ2n) is 8.45. The predicted octanol–water partition coefficient (Wildman–Crippen LogP) is 1.95. The van der Waals surface area contributed by atoms with E-state index in [0.717, 1.165) is 10.8 Å². The number of nitriles is 1. The van der Waals surface area contributed by atoms with Crippen molar-refractivity contribution in [1.29, 1.82) is 5.26 Å².